The molecule has 180 valence electrons. The van der Waals surface area contributed by atoms with Gasteiger partial charge in [-0.2, -0.15) is 5.26 Å². The van der Waals surface area contributed by atoms with Crippen molar-refractivity contribution < 1.29 is 24.0 Å². The molecule has 0 fully saturated rings. The molecule has 9 heteroatoms. The summed E-state index contributed by atoms with van der Waals surface area (Å²) in [5, 5.41) is 32.6. The van der Waals surface area contributed by atoms with Gasteiger partial charge in [0.25, 0.3) is 0 Å². The zero-order valence-electron chi connectivity index (χ0n) is 19.4. The highest BCUT2D eigenvalue weighted by Crippen LogP contribution is 2.22. The van der Waals surface area contributed by atoms with Gasteiger partial charge in [0.2, 0.25) is 5.91 Å². The largest absolute Gasteiger partial charge is 0.493 e. The summed E-state index contributed by atoms with van der Waals surface area (Å²) in [5.41, 5.74) is 3.22. The molecule has 1 atom stereocenters. The lowest BCUT2D eigenvalue weighted by molar-refractivity contribution is -0.122. The molecule has 4 rings (SSSR count). The van der Waals surface area contributed by atoms with E-state index in [1.54, 1.807) is 48.9 Å². The first kappa shape index (κ1) is 24.7. The Kier molecular flexibility index (Phi) is 8.14. The second kappa shape index (κ2) is 11.8. The highest BCUT2D eigenvalue weighted by atomic mass is 16.5. The number of hydrogen-bond acceptors (Lipinski definition) is 7. The Morgan fingerprint density at radius 3 is 2.78 bits per heavy atom. The van der Waals surface area contributed by atoms with Crippen molar-refractivity contribution in [1.29, 1.82) is 5.26 Å². The van der Waals surface area contributed by atoms with Gasteiger partial charge in [0, 0.05) is 11.6 Å². The van der Waals surface area contributed by atoms with Crippen molar-refractivity contribution in [3.05, 3.63) is 96.0 Å². The highest BCUT2D eigenvalue weighted by molar-refractivity contribution is 6.43. The summed E-state index contributed by atoms with van der Waals surface area (Å²) in [7, 11) is -1.74. The number of allylic oxidation sites excluding steroid dienone is 1. The Balaban J connectivity index is 1.33. The molecule has 1 unspecified atom stereocenters. The summed E-state index contributed by atoms with van der Waals surface area (Å²) in [6, 6.07) is 22.1. The molecule has 0 aliphatic heterocycles. The van der Waals surface area contributed by atoms with Crippen LogP contribution in [0.5, 0.6) is 5.75 Å². The quantitative estimate of drug-likeness (QED) is 0.234. The van der Waals surface area contributed by atoms with Crippen molar-refractivity contribution in [2.24, 2.45) is 0 Å². The van der Waals surface area contributed by atoms with Crippen LogP contribution >= 0.6 is 0 Å². The number of furan rings is 1. The van der Waals surface area contributed by atoms with Crippen LogP contribution in [0.4, 0.5) is 0 Å². The molecule has 8 nitrogen and oxygen atoms in total. The van der Waals surface area contributed by atoms with Crippen LogP contribution in [-0.2, 0) is 11.2 Å². The summed E-state index contributed by atoms with van der Waals surface area (Å²) in [6.45, 7) is 0.0905. The average molecular weight is 481 g/mol. The van der Waals surface area contributed by atoms with Crippen molar-refractivity contribution in [3.8, 4) is 11.8 Å². The van der Waals surface area contributed by atoms with Crippen LogP contribution in [0.3, 0.4) is 0 Å². The fourth-order valence-electron chi connectivity index (χ4n) is 3.75. The van der Waals surface area contributed by atoms with Crippen LogP contribution in [0.25, 0.3) is 22.6 Å². The molecule has 0 aliphatic rings. The first-order chi connectivity index (χ1) is 17.5. The standard InChI is InChI=1S/C27H24BN3O5/c29-17-20(24-9-3-4-12-30-24)14-19-6-5-7-22(15-19)35-13-11-27(32)31-26(28(33)34)16-21-18-36-25-10-2-1-8-23(21)25/h1-10,12,14-15,18,26,33-34H,11,13,16H2,(H,31,32). The average Bonchev–Trinajstić information content (AvgIpc) is 3.30. The molecule has 0 spiro atoms. The molecule has 3 N–H and O–H groups in total. The summed E-state index contributed by atoms with van der Waals surface area (Å²) < 4.78 is 11.2. The lowest BCUT2D eigenvalue weighted by Gasteiger charge is -2.17. The minimum atomic E-state index is -1.74. The lowest BCUT2D eigenvalue weighted by Crippen LogP contribution is -2.48. The predicted octanol–water partition coefficient (Wildman–Crippen LogP) is 3.40. The third-order valence-corrected chi connectivity index (χ3v) is 5.54. The van der Waals surface area contributed by atoms with Gasteiger partial charge in [0.1, 0.15) is 17.4 Å². The molecule has 0 radical (unpaired) electrons. The van der Waals surface area contributed by atoms with E-state index in [-0.39, 0.29) is 25.4 Å². The second-order valence-electron chi connectivity index (χ2n) is 8.10. The van der Waals surface area contributed by atoms with Crippen molar-refractivity contribution >= 4 is 35.6 Å². The lowest BCUT2D eigenvalue weighted by atomic mass is 9.76. The number of aromatic nitrogens is 1. The Labute approximate surface area is 208 Å². The predicted molar refractivity (Wildman–Crippen MR) is 136 cm³/mol. The first-order valence-electron chi connectivity index (χ1n) is 11.4. The van der Waals surface area contributed by atoms with Crippen molar-refractivity contribution in [1.82, 2.24) is 10.3 Å². The number of nitriles is 1. The molecular weight excluding hydrogens is 457 g/mol. The molecule has 1 amide bonds. The summed E-state index contributed by atoms with van der Waals surface area (Å²) in [4.78, 5) is 16.7. The van der Waals surface area contributed by atoms with Crippen LogP contribution in [0.1, 0.15) is 23.2 Å². The maximum absolute atomic E-state index is 12.5. The number of hydrogen-bond donors (Lipinski definition) is 3. The van der Waals surface area contributed by atoms with Gasteiger partial charge in [0.15, 0.2) is 0 Å². The van der Waals surface area contributed by atoms with E-state index in [4.69, 9.17) is 9.15 Å². The smallest absolute Gasteiger partial charge is 0.475 e. The minimum Gasteiger partial charge on any atom is -0.493 e. The number of rotatable bonds is 10. The fraction of sp³-hybridized carbons (Fsp3) is 0.148. The van der Waals surface area contributed by atoms with Gasteiger partial charge in [-0.05, 0) is 54.0 Å². The topological polar surface area (TPSA) is 129 Å². The Hall–Kier alpha value is -4.39. The van der Waals surface area contributed by atoms with Gasteiger partial charge in [-0.25, -0.2) is 0 Å². The van der Waals surface area contributed by atoms with Gasteiger partial charge >= 0.3 is 7.12 Å². The number of carbonyl (C=O) groups excluding carboxylic acids is 1. The maximum Gasteiger partial charge on any atom is 0.475 e. The van der Waals surface area contributed by atoms with E-state index < -0.39 is 13.1 Å². The third-order valence-electron chi connectivity index (χ3n) is 5.54. The van der Waals surface area contributed by atoms with Crippen molar-refractivity contribution in [3.63, 3.8) is 0 Å². The number of pyridine rings is 1. The van der Waals surface area contributed by atoms with Crippen LogP contribution in [0.2, 0.25) is 0 Å². The van der Waals surface area contributed by atoms with E-state index in [2.05, 4.69) is 16.4 Å². The van der Waals surface area contributed by atoms with Gasteiger partial charge in [-0.3, -0.25) is 9.78 Å². The number of nitrogens with zero attached hydrogens (tertiary/aromatic N) is 2. The fourth-order valence-corrected chi connectivity index (χ4v) is 3.75. The van der Waals surface area contributed by atoms with E-state index >= 15 is 0 Å². The molecular formula is C27H24BN3O5. The molecule has 2 heterocycles. The number of para-hydroxylation sites is 1. The van der Waals surface area contributed by atoms with E-state index in [1.807, 2.05) is 36.4 Å². The minimum absolute atomic E-state index is 0.0206. The first-order valence-corrected chi connectivity index (χ1v) is 11.4. The number of amides is 1. The van der Waals surface area contributed by atoms with E-state index in [1.165, 1.54) is 0 Å². The van der Waals surface area contributed by atoms with E-state index in [9.17, 15) is 20.1 Å². The number of fused-ring (bicyclic) bond motifs is 1. The normalized spacial score (nSPS) is 12.1. The van der Waals surface area contributed by atoms with E-state index in [0.717, 1.165) is 16.5 Å². The number of nitrogens with one attached hydrogen (secondary N) is 1. The van der Waals surface area contributed by atoms with Gasteiger partial charge in [-0.1, -0.05) is 36.4 Å². The van der Waals surface area contributed by atoms with Crippen LogP contribution in [-0.4, -0.2) is 40.6 Å². The molecule has 0 bridgehead atoms. The highest BCUT2D eigenvalue weighted by Gasteiger charge is 2.26. The van der Waals surface area contributed by atoms with Crippen LogP contribution in [0, 0.1) is 11.3 Å². The maximum atomic E-state index is 12.5. The van der Waals surface area contributed by atoms with Crippen LogP contribution in [0.15, 0.2) is 83.6 Å². The second-order valence-corrected chi connectivity index (χ2v) is 8.10. The van der Waals surface area contributed by atoms with E-state index in [0.29, 0.717) is 22.6 Å². The molecule has 36 heavy (non-hydrogen) atoms. The van der Waals surface area contributed by atoms with Gasteiger partial charge in [0.05, 0.1) is 36.5 Å². The molecule has 2 aromatic carbocycles. The third kappa shape index (κ3) is 6.39. The molecule has 4 aromatic rings. The molecule has 0 aliphatic carbocycles. The van der Waals surface area contributed by atoms with Crippen LogP contribution < -0.4 is 10.1 Å². The van der Waals surface area contributed by atoms with Gasteiger partial charge in [-0.15, -0.1) is 0 Å². The van der Waals surface area contributed by atoms with Crippen molar-refractivity contribution in [2.45, 2.75) is 18.8 Å². The Morgan fingerprint density at radius 2 is 2.00 bits per heavy atom. The Morgan fingerprint density at radius 1 is 1.17 bits per heavy atom. The number of benzene rings is 2. The zero-order valence-corrected chi connectivity index (χ0v) is 19.4. The molecule has 0 saturated heterocycles. The van der Waals surface area contributed by atoms with Crippen molar-refractivity contribution in [2.75, 3.05) is 6.61 Å². The summed E-state index contributed by atoms with van der Waals surface area (Å²) in [6.07, 6.45) is 5.12. The number of carbonyl (C=O) groups is 1. The Bertz CT molecular complexity index is 1400. The monoisotopic (exact) mass is 481 g/mol. The summed E-state index contributed by atoms with van der Waals surface area (Å²) in [5.74, 6) is -0.736. The molecule has 2 aromatic heterocycles. The SMILES string of the molecule is N#CC(=Cc1cccc(OCCC(=O)NC(Cc2coc3ccccc23)B(O)O)c1)c1ccccn1. The number of ether oxygens (including phenoxy) is 1. The zero-order chi connectivity index (χ0) is 25.3. The summed E-state index contributed by atoms with van der Waals surface area (Å²) >= 11 is 0. The van der Waals surface area contributed by atoms with Gasteiger partial charge < -0.3 is 24.5 Å². The molecule has 0 saturated carbocycles.